The molecule has 2 fully saturated rings. The van der Waals surface area contributed by atoms with Gasteiger partial charge in [0.2, 0.25) is 5.91 Å². The molecule has 0 aromatic heterocycles. The van der Waals surface area contributed by atoms with Gasteiger partial charge in [-0.2, -0.15) is 0 Å². The lowest BCUT2D eigenvalue weighted by molar-refractivity contribution is -0.119. The van der Waals surface area contributed by atoms with Gasteiger partial charge < -0.3 is 16.4 Å². The van der Waals surface area contributed by atoms with E-state index in [2.05, 4.69) is 10.6 Å². The van der Waals surface area contributed by atoms with Gasteiger partial charge in [0.25, 0.3) is 5.91 Å². The summed E-state index contributed by atoms with van der Waals surface area (Å²) in [6.07, 6.45) is 7.06. The summed E-state index contributed by atoms with van der Waals surface area (Å²) in [6, 6.07) is 5.91. The van der Waals surface area contributed by atoms with E-state index in [0.29, 0.717) is 11.6 Å². The van der Waals surface area contributed by atoms with E-state index < -0.39 is 0 Å². The first-order valence-corrected chi connectivity index (χ1v) is 9.01. The van der Waals surface area contributed by atoms with Crippen LogP contribution in [0.4, 0.5) is 5.69 Å². The fourth-order valence-electron chi connectivity index (χ4n) is 3.77. The molecule has 0 heterocycles. The molecule has 2 unspecified atom stereocenters. The molecule has 1 aromatic rings. The number of anilines is 1. The van der Waals surface area contributed by atoms with Crippen LogP contribution < -0.4 is 16.4 Å². The first-order chi connectivity index (χ1) is 11.5. The van der Waals surface area contributed by atoms with Gasteiger partial charge in [-0.3, -0.25) is 9.59 Å². The van der Waals surface area contributed by atoms with Crippen LogP contribution in [0.1, 0.15) is 60.9 Å². The van der Waals surface area contributed by atoms with Crippen molar-refractivity contribution in [3.63, 3.8) is 0 Å². The Morgan fingerprint density at radius 1 is 1.12 bits per heavy atom. The van der Waals surface area contributed by atoms with Crippen molar-refractivity contribution in [3.8, 4) is 0 Å². The molecule has 3 rings (SSSR count). The summed E-state index contributed by atoms with van der Waals surface area (Å²) in [4.78, 5) is 24.6. The Kier molecular flexibility index (Phi) is 5.19. The van der Waals surface area contributed by atoms with Gasteiger partial charge >= 0.3 is 0 Å². The average molecular weight is 329 g/mol. The summed E-state index contributed by atoms with van der Waals surface area (Å²) in [7, 11) is 0. The summed E-state index contributed by atoms with van der Waals surface area (Å²) in [6.45, 7) is 1.92. The molecule has 0 spiro atoms. The molecule has 0 saturated heterocycles. The molecule has 2 saturated carbocycles. The Morgan fingerprint density at radius 3 is 2.50 bits per heavy atom. The first kappa shape index (κ1) is 17.0. The third-order valence-electron chi connectivity index (χ3n) is 5.28. The summed E-state index contributed by atoms with van der Waals surface area (Å²) >= 11 is 0. The maximum atomic E-state index is 12.3. The number of rotatable bonds is 4. The van der Waals surface area contributed by atoms with Gasteiger partial charge in [-0.15, -0.1) is 0 Å². The molecule has 130 valence electrons. The second kappa shape index (κ2) is 7.34. The topological polar surface area (TPSA) is 84.2 Å². The molecule has 1 aromatic carbocycles. The lowest BCUT2D eigenvalue weighted by atomic mass is 10.1. The van der Waals surface area contributed by atoms with E-state index in [0.717, 1.165) is 43.4 Å². The van der Waals surface area contributed by atoms with Crippen LogP contribution in [-0.4, -0.2) is 23.9 Å². The van der Waals surface area contributed by atoms with Gasteiger partial charge in [-0.05, 0) is 62.8 Å². The zero-order valence-corrected chi connectivity index (χ0v) is 14.3. The third-order valence-corrected chi connectivity index (χ3v) is 5.28. The highest BCUT2D eigenvalue weighted by Crippen LogP contribution is 2.26. The summed E-state index contributed by atoms with van der Waals surface area (Å²) in [5, 5.41) is 6.08. The fraction of sp³-hybridized carbons (Fsp3) is 0.579. The average Bonchev–Trinajstić information content (AvgIpc) is 3.20. The molecule has 2 aliphatic carbocycles. The third kappa shape index (κ3) is 3.96. The van der Waals surface area contributed by atoms with Gasteiger partial charge in [-0.1, -0.05) is 12.8 Å². The van der Waals surface area contributed by atoms with E-state index in [4.69, 9.17) is 5.73 Å². The maximum absolute atomic E-state index is 12.3. The molecule has 0 radical (unpaired) electrons. The highest BCUT2D eigenvalue weighted by atomic mass is 16.2. The number of carbonyl (C=O) groups excluding carboxylic acids is 2. The number of hydrogen-bond donors (Lipinski definition) is 3. The molecular weight excluding hydrogens is 302 g/mol. The Labute approximate surface area is 143 Å². The molecule has 5 nitrogen and oxygen atoms in total. The summed E-state index contributed by atoms with van der Waals surface area (Å²) in [5.41, 5.74) is 8.22. The van der Waals surface area contributed by atoms with Crippen LogP contribution in [0.25, 0.3) is 0 Å². The van der Waals surface area contributed by atoms with Crippen molar-refractivity contribution in [1.82, 2.24) is 5.32 Å². The molecule has 24 heavy (non-hydrogen) atoms. The van der Waals surface area contributed by atoms with Gasteiger partial charge in [0.15, 0.2) is 0 Å². The largest absolute Gasteiger partial charge is 0.349 e. The normalized spacial score (nSPS) is 24.1. The molecule has 2 amide bonds. The molecule has 5 heteroatoms. The Hall–Kier alpha value is -1.88. The molecule has 2 atom stereocenters. The van der Waals surface area contributed by atoms with Crippen molar-refractivity contribution < 1.29 is 9.59 Å². The maximum Gasteiger partial charge on any atom is 0.251 e. The predicted octanol–water partition coefficient (Wildman–Crippen LogP) is 2.73. The summed E-state index contributed by atoms with van der Waals surface area (Å²) in [5.74, 6) is 0.0172. The van der Waals surface area contributed by atoms with Crippen molar-refractivity contribution in [2.24, 2.45) is 11.7 Å². The second-order valence-corrected chi connectivity index (χ2v) is 7.24. The Morgan fingerprint density at radius 2 is 1.88 bits per heavy atom. The van der Waals surface area contributed by atoms with Gasteiger partial charge in [-0.25, -0.2) is 0 Å². The lowest BCUT2D eigenvalue weighted by Crippen LogP contribution is -2.32. The van der Waals surface area contributed by atoms with E-state index in [1.54, 1.807) is 6.07 Å². The minimum atomic E-state index is -0.0235. The van der Waals surface area contributed by atoms with E-state index >= 15 is 0 Å². The highest BCUT2D eigenvalue weighted by molar-refractivity contribution is 5.97. The second-order valence-electron chi connectivity index (χ2n) is 7.24. The van der Waals surface area contributed by atoms with Crippen molar-refractivity contribution in [2.45, 2.75) is 64.0 Å². The van der Waals surface area contributed by atoms with Crippen molar-refractivity contribution >= 4 is 17.5 Å². The number of nitrogens with two attached hydrogens (primary N) is 1. The number of amides is 2. The van der Waals surface area contributed by atoms with Crippen molar-refractivity contribution in [3.05, 3.63) is 29.3 Å². The fourth-order valence-corrected chi connectivity index (χ4v) is 3.77. The smallest absolute Gasteiger partial charge is 0.251 e. The Bertz CT molecular complexity index is 623. The van der Waals surface area contributed by atoms with E-state index in [1.165, 1.54) is 12.8 Å². The number of hydrogen-bond acceptors (Lipinski definition) is 3. The molecule has 2 aliphatic rings. The van der Waals surface area contributed by atoms with Crippen LogP contribution in [0.15, 0.2) is 18.2 Å². The van der Waals surface area contributed by atoms with Gasteiger partial charge in [0.1, 0.15) is 0 Å². The SMILES string of the molecule is Cc1cc(C(=O)NC2CCCC2)ccc1NC(=O)C1CCC(N)C1. The van der Waals surface area contributed by atoms with Crippen molar-refractivity contribution in [1.29, 1.82) is 0 Å². The highest BCUT2D eigenvalue weighted by Gasteiger charge is 2.28. The molecule has 0 bridgehead atoms. The van der Waals surface area contributed by atoms with Crippen LogP contribution in [-0.2, 0) is 4.79 Å². The lowest BCUT2D eigenvalue weighted by Gasteiger charge is -2.15. The number of aryl methyl sites for hydroxylation is 1. The van der Waals surface area contributed by atoms with Gasteiger partial charge in [0, 0.05) is 29.3 Å². The zero-order valence-electron chi connectivity index (χ0n) is 14.3. The Balaban J connectivity index is 1.61. The quantitative estimate of drug-likeness (QED) is 0.794. The standard InChI is InChI=1S/C19H27N3O2/c1-12-10-13(18(23)21-16-4-2-3-5-16)7-9-17(12)22-19(24)14-6-8-15(20)11-14/h7,9-10,14-16H,2-6,8,11,20H2,1H3,(H,21,23)(H,22,24). The van der Waals surface area contributed by atoms with E-state index in [1.807, 2.05) is 19.1 Å². The number of carbonyl (C=O) groups is 2. The predicted molar refractivity (Wildman–Crippen MR) is 94.8 cm³/mol. The van der Waals surface area contributed by atoms with Crippen molar-refractivity contribution in [2.75, 3.05) is 5.32 Å². The molecular formula is C19H27N3O2. The number of nitrogens with one attached hydrogen (secondary N) is 2. The monoisotopic (exact) mass is 329 g/mol. The van der Waals surface area contributed by atoms with E-state index in [9.17, 15) is 9.59 Å². The zero-order chi connectivity index (χ0) is 17.1. The van der Waals surface area contributed by atoms with E-state index in [-0.39, 0.29) is 23.8 Å². The minimum absolute atomic E-state index is 0.00439. The molecule has 0 aliphatic heterocycles. The van der Waals surface area contributed by atoms with Gasteiger partial charge in [0.05, 0.1) is 0 Å². The van der Waals surface area contributed by atoms with Crippen LogP contribution in [0.2, 0.25) is 0 Å². The molecule has 4 N–H and O–H groups in total. The van der Waals surface area contributed by atoms with Crippen LogP contribution >= 0.6 is 0 Å². The van der Waals surface area contributed by atoms with Crippen LogP contribution in [0.3, 0.4) is 0 Å². The van der Waals surface area contributed by atoms with Crippen LogP contribution in [0.5, 0.6) is 0 Å². The van der Waals surface area contributed by atoms with Crippen LogP contribution in [0, 0.1) is 12.8 Å². The minimum Gasteiger partial charge on any atom is -0.349 e. The summed E-state index contributed by atoms with van der Waals surface area (Å²) < 4.78 is 0. The first-order valence-electron chi connectivity index (χ1n) is 9.01. The number of benzene rings is 1.